The van der Waals surface area contributed by atoms with E-state index in [9.17, 15) is 26.3 Å². The van der Waals surface area contributed by atoms with Gasteiger partial charge >= 0.3 is 24.3 Å². The zero-order valence-corrected chi connectivity index (χ0v) is 19.6. The molecule has 0 amide bonds. The summed E-state index contributed by atoms with van der Waals surface area (Å²) in [5.74, 6) is -4.43. The van der Waals surface area contributed by atoms with Gasteiger partial charge in [-0.25, -0.2) is 14.6 Å². The van der Waals surface area contributed by atoms with Crippen molar-refractivity contribution in [3.8, 4) is 0 Å². The minimum absolute atomic E-state index is 0.230. The van der Waals surface area contributed by atoms with Crippen molar-refractivity contribution in [2.75, 3.05) is 13.2 Å². The summed E-state index contributed by atoms with van der Waals surface area (Å²) in [6, 6.07) is 4.47. The van der Waals surface area contributed by atoms with Crippen LogP contribution in [0, 0.1) is 0 Å². The van der Waals surface area contributed by atoms with Crippen molar-refractivity contribution in [1.29, 1.82) is 0 Å². The normalized spacial score (nSPS) is 17.7. The molecule has 0 radical (unpaired) electrons. The van der Waals surface area contributed by atoms with Gasteiger partial charge in [0.15, 0.2) is 0 Å². The number of likely N-dealkylation sites (tertiary alicyclic amines) is 1. The molecule has 15 heteroatoms. The third-order valence-corrected chi connectivity index (χ3v) is 4.95. The second-order valence-electron chi connectivity index (χ2n) is 7.61. The van der Waals surface area contributed by atoms with Crippen LogP contribution in [0.5, 0.6) is 0 Å². The van der Waals surface area contributed by atoms with Gasteiger partial charge in [0, 0.05) is 44.4 Å². The number of alkyl halides is 6. The van der Waals surface area contributed by atoms with Crippen LogP contribution in [0.4, 0.5) is 26.3 Å². The topological polar surface area (TPSA) is 118 Å². The second-order valence-corrected chi connectivity index (χ2v) is 7.61. The molecule has 37 heavy (non-hydrogen) atoms. The lowest BCUT2D eigenvalue weighted by atomic mass is 10.0. The zero-order chi connectivity index (χ0) is 28.2. The van der Waals surface area contributed by atoms with E-state index in [4.69, 9.17) is 24.5 Å². The first-order valence-corrected chi connectivity index (χ1v) is 10.6. The molecular formula is C22H26F6N4O5. The van der Waals surface area contributed by atoms with Gasteiger partial charge in [0.25, 0.3) is 0 Å². The molecule has 0 saturated carbocycles. The molecule has 0 unspecified atom stereocenters. The quantitative estimate of drug-likeness (QED) is 0.405. The fraction of sp³-hybridized carbons (Fsp3) is 0.455. The number of hydrogen-bond acceptors (Lipinski definition) is 6. The predicted octanol–water partition coefficient (Wildman–Crippen LogP) is 3.47. The summed E-state index contributed by atoms with van der Waals surface area (Å²) in [6.07, 6.45) is 1.48. The Morgan fingerprint density at radius 3 is 2.19 bits per heavy atom. The van der Waals surface area contributed by atoms with Crippen molar-refractivity contribution in [3.63, 3.8) is 0 Å². The SMILES string of the molecule is C=CCO[C@@H]1CCN(Cc2nccn2C)[C@H]1Cc1cccnc1.O=C(O)C(F)(F)F.O=C(O)C(F)(F)F. The van der Waals surface area contributed by atoms with E-state index in [0.717, 1.165) is 31.8 Å². The van der Waals surface area contributed by atoms with Crippen LogP contribution in [0.1, 0.15) is 17.8 Å². The first-order chi connectivity index (χ1) is 17.2. The Balaban J connectivity index is 0.000000404. The molecule has 2 atom stereocenters. The number of carbonyl (C=O) groups is 2. The number of halogens is 6. The van der Waals surface area contributed by atoms with Gasteiger partial charge in [-0.3, -0.25) is 9.88 Å². The Hall–Kier alpha value is -3.46. The number of carboxylic acid groups (broad SMARTS) is 2. The van der Waals surface area contributed by atoms with Gasteiger partial charge in [0.05, 0.1) is 19.3 Å². The molecule has 2 aromatic heterocycles. The Morgan fingerprint density at radius 2 is 1.76 bits per heavy atom. The van der Waals surface area contributed by atoms with Crippen molar-refractivity contribution in [2.24, 2.45) is 7.05 Å². The van der Waals surface area contributed by atoms with Crippen LogP contribution in [-0.2, 0) is 34.3 Å². The van der Waals surface area contributed by atoms with Gasteiger partial charge in [-0.1, -0.05) is 12.1 Å². The summed E-state index contributed by atoms with van der Waals surface area (Å²) in [4.78, 5) is 29.0. The predicted molar refractivity (Wildman–Crippen MR) is 117 cm³/mol. The standard InChI is InChI=1S/C18H24N4O.2C2HF3O2/c1-3-11-23-17-6-9-22(14-18-20-8-10-21(18)2)16(17)12-15-5-4-7-19-13-15;2*3-2(4,5)1(6)7/h3-5,7-8,10,13,16-17H,1,6,9,11-12,14H2,2H3;2*(H,6,7)/t16-,17+;;/m0../s1. The highest BCUT2D eigenvalue weighted by Crippen LogP contribution is 2.26. The number of aromatic nitrogens is 3. The van der Waals surface area contributed by atoms with E-state index in [1.54, 1.807) is 0 Å². The van der Waals surface area contributed by atoms with Gasteiger partial charge in [-0.05, 0) is 24.5 Å². The number of hydrogen-bond donors (Lipinski definition) is 2. The van der Waals surface area contributed by atoms with Crippen LogP contribution in [-0.4, -0.2) is 79.2 Å². The first-order valence-electron chi connectivity index (χ1n) is 10.6. The zero-order valence-electron chi connectivity index (χ0n) is 19.6. The third-order valence-electron chi connectivity index (χ3n) is 4.95. The number of carboxylic acids is 2. The van der Waals surface area contributed by atoms with E-state index in [0.29, 0.717) is 12.6 Å². The highest BCUT2D eigenvalue weighted by Gasteiger charge is 2.39. The second kappa shape index (κ2) is 14.3. The lowest BCUT2D eigenvalue weighted by Gasteiger charge is -2.28. The Morgan fingerprint density at radius 1 is 1.16 bits per heavy atom. The minimum atomic E-state index is -5.08. The molecule has 1 fully saturated rings. The van der Waals surface area contributed by atoms with Crippen molar-refractivity contribution < 1.29 is 50.9 Å². The Kier molecular flexibility index (Phi) is 12.2. The van der Waals surface area contributed by atoms with E-state index in [2.05, 4.69) is 32.1 Å². The lowest BCUT2D eigenvalue weighted by Crippen LogP contribution is -2.38. The minimum Gasteiger partial charge on any atom is -0.475 e. The van der Waals surface area contributed by atoms with Crippen LogP contribution >= 0.6 is 0 Å². The lowest BCUT2D eigenvalue weighted by molar-refractivity contribution is -0.193. The smallest absolute Gasteiger partial charge is 0.475 e. The molecule has 1 saturated heterocycles. The van der Waals surface area contributed by atoms with E-state index >= 15 is 0 Å². The van der Waals surface area contributed by atoms with Gasteiger partial charge in [-0.15, -0.1) is 6.58 Å². The van der Waals surface area contributed by atoms with Crippen molar-refractivity contribution >= 4 is 11.9 Å². The molecule has 206 valence electrons. The Bertz CT molecular complexity index is 973. The maximum Gasteiger partial charge on any atom is 0.490 e. The van der Waals surface area contributed by atoms with Gasteiger partial charge in [0.1, 0.15) is 5.82 Å². The molecule has 1 aliphatic heterocycles. The molecule has 0 aliphatic carbocycles. The number of ether oxygens (including phenoxy) is 1. The summed E-state index contributed by atoms with van der Waals surface area (Å²) in [6.45, 7) is 6.24. The average Bonchev–Trinajstić information content (AvgIpc) is 3.38. The maximum absolute atomic E-state index is 10.6. The van der Waals surface area contributed by atoms with Crippen molar-refractivity contribution in [2.45, 2.75) is 43.9 Å². The Labute approximate surface area is 208 Å². The summed E-state index contributed by atoms with van der Waals surface area (Å²) >= 11 is 0. The fourth-order valence-corrected chi connectivity index (χ4v) is 3.22. The first kappa shape index (κ1) is 31.6. The summed E-state index contributed by atoms with van der Waals surface area (Å²) in [5, 5.41) is 14.2. The highest BCUT2D eigenvalue weighted by molar-refractivity contribution is 5.73. The number of pyridine rings is 1. The van der Waals surface area contributed by atoms with Crippen LogP contribution in [0.25, 0.3) is 0 Å². The number of nitrogens with zero attached hydrogens (tertiary/aromatic N) is 4. The number of imidazole rings is 1. The average molecular weight is 540 g/mol. The molecule has 9 nitrogen and oxygen atoms in total. The molecule has 1 aliphatic rings. The molecule has 3 rings (SSSR count). The van der Waals surface area contributed by atoms with Crippen molar-refractivity contribution in [3.05, 3.63) is 61.0 Å². The van der Waals surface area contributed by atoms with Gasteiger partial charge < -0.3 is 19.5 Å². The van der Waals surface area contributed by atoms with Crippen molar-refractivity contribution in [1.82, 2.24) is 19.4 Å². The van der Waals surface area contributed by atoms with E-state index in [-0.39, 0.29) is 6.10 Å². The van der Waals surface area contributed by atoms with E-state index in [1.807, 2.05) is 44.0 Å². The summed E-state index contributed by atoms with van der Waals surface area (Å²) in [5.41, 5.74) is 1.25. The van der Waals surface area contributed by atoms with Crippen LogP contribution < -0.4 is 0 Å². The summed E-state index contributed by atoms with van der Waals surface area (Å²) in [7, 11) is 2.04. The largest absolute Gasteiger partial charge is 0.490 e. The van der Waals surface area contributed by atoms with E-state index < -0.39 is 24.3 Å². The molecular weight excluding hydrogens is 514 g/mol. The summed E-state index contributed by atoms with van der Waals surface area (Å²) < 4.78 is 71.6. The van der Waals surface area contributed by atoms with Gasteiger partial charge in [-0.2, -0.15) is 26.3 Å². The van der Waals surface area contributed by atoms with Crippen LogP contribution in [0.15, 0.2) is 49.6 Å². The molecule has 0 spiro atoms. The third kappa shape index (κ3) is 11.4. The monoisotopic (exact) mass is 540 g/mol. The maximum atomic E-state index is 10.6. The molecule has 3 heterocycles. The number of aryl methyl sites for hydroxylation is 1. The molecule has 0 bridgehead atoms. The molecule has 0 aromatic carbocycles. The van der Waals surface area contributed by atoms with E-state index in [1.165, 1.54) is 5.56 Å². The highest BCUT2D eigenvalue weighted by atomic mass is 19.4. The van der Waals surface area contributed by atoms with Gasteiger partial charge in [0.2, 0.25) is 0 Å². The van der Waals surface area contributed by atoms with Crippen LogP contribution in [0.2, 0.25) is 0 Å². The van der Waals surface area contributed by atoms with Crippen LogP contribution in [0.3, 0.4) is 0 Å². The molecule has 2 N–H and O–H groups in total. The number of rotatable bonds is 7. The molecule has 2 aromatic rings. The fourth-order valence-electron chi connectivity index (χ4n) is 3.22. The number of aliphatic carboxylic acids is 2.